The van der Waals surface area contributed by atoms with Crippen molar-refractivity contribution in [2.24, 2.45) is 5.73 Å². The SMILES string of the molecule is C=CCCCC(N)Cc1ccc2ccccc2c1. The van der Waals surface area contributed by atoms with Gasteiger partial charge in [-0.05, 0) is 42.0 Å². The van der Waals surface area contributed by atoms with Crippen LogP contribution in [0.15, 0.2) is 55.1 Å². The van der Waals surface area contributed by atoms with Gasteiger partial charge in [-0.25, -0.2) is 0 Å². The van der Waals surface area contributed by atoms with E-state index in [1.807, 2.05) is 6.08 Å². The van der Waals surface area contributed by atoms with Gasteiger partial charge in [0.25, 0.3) is 0 Å². The van der Waals surface area contributed by atoms with E-state index >= 15 is 0 Å². The van der Waals surface area contributed by atoms with Crippen molar-refractivity contribution in [3.05, 3.63) is 60.7 Å². The highest BCUT2D eigenvalue weighted by Crippen LogP contribution is 2.17. The number of hydrogen-bond acceptors (Lipinski definition) is 1. The highest BCUT2D eigenvalue weighted by molar-refractivity contribution is 5.82. The lowest BCUT2D eigenvalue weighted by atomic mass is 9.99. The van der Waals surface area contributed by atoms with Crippen molar-refractivity contribution in [3.8, 4) is 0 Å². The molecule has 0 aliphatic rings. The minimum Gasteiger partial charge on any atom is -0.327 e. The predicted octanol–water partition coefficient (Wildman–Crippen LogP) is 4.07. The second kappa shape index (κ2) is 6.36. The first-order valence-electron chi connectivity index (χ1n) is 6.64. The summed E-state index contributed by atoms with van der Waals surface area (Å²) in [6, 6.07) is 15.3. The van der Waals surface area contributed by atoms with E-state index in [-0.39, 0.29) is 6.04 Å². The fraction of sp³-hybridized carbons (Fsp3) is 0.294. The molecule has 0 fully saturated rings. The Labute approximate surface area is 109 Å². The zero-order valence-corrected chi connectivity index (χ0v) is 10.8. The maximum Gasteiger partial charge on any atom is 0.00794 e. The molecule has 0 bridgehead atoms. The second-order valence-corrected chi connectivity index (χ2v) is 4.87. The van der Waals surface area contributed by atoms with Gasteiger partial charge < -0.3 is 5.73 Å². The van der Waals surface area contributed by atoms with Crippen LogP contribution in [0, 0.1) is 0 Å². The highest BCUT2D eigenvalue weighted by Gasteiger charge is 2.04. The van der Waals surface area contributed by atoms with Crippen LogP contribution in [0.25, 0.3) is 10.8 Å². The largest absolute Gasteiger partial charge is 0.327 e. The van der Waals surface area contributed by atoms with Crippen LogP contribution in [-0.4, -0.2) is 6.04 Å². The summed E-state index contributed by atoms with van der Waals surface area (Å²) < 4.78 is 0. The van der Waals surface area contributed by atoms with Gasteiger partial charge in [-0.2, -0.15) is 0 Å². The summed E-state index contributed by atoms with van der Waals surface area (Å²) in [4.78, 5) is 0. The molecule has 1 nitrogen and oxygen atoms in total. The van der Waals surface area contributed by atoms with Crippen LogP contribution in [-0.2, 0) is 6.42 Å². The smallest absolute Gasteiger partial charge is 0.00794 e. The Morgan fingerprint density at radius 1 is 1.11 bits per heavy atom. The number of allylic oxidation sites excluding steroid dienone is 1. The van der Waals surface area contributed by atoms with Crippen molar-refractivity contribution in [2.45, 2.75) is 31.7 Å². The summed E-state index contributed by atoms with van der Waals surface area (Å²) in [5.74, 6) is 0. The number of hydrogen-bond donors (Lipinski definition) is 1. The Kier molecular flexibility index (Phi) is 4.54. The lowest BCUT2D eigenvalue weighted by Gasteiger charge is -2.11. The third-order valence-corrected chi connectivity index (χ3v) is 3.29. The predicted molar refractivity (Wildman–Crippen MR) is 79.7 cm³/mol. The molecule has 2 aromatic rings. The molecule has 0 heterocycles. The monoisotopic (exact) mass is 239 g/mol. The van der Waals surface area contributed by atoms with Crippen LogP contribution >= 0.6 is 0 Å². The van der Waals surface area contributed by atoms with Gasteiger partial charge in [-0.1, -0.05) is 48.5 Å². The highest BCUT2D eigenvalue weighted by atomic mass is 14.6. The van der Waals surface area contributed by atoms with E-state index in [4.69, 9.17) is 5.73 Å². The number of fused-ring (bicyclic) bond motifs is 1. The Morgan fingerprint density at radius 3 is 2.67 bits per heavy atom. The third-order valence-electron chi connectivity index (χ3n) is 3.29. The molecule has 0 aliphatic carbocycles. The summed E-state index contributed by atoms with van der Waals surface area (Å²) in [5.41, 5.74) is 7.49. The fourth-order valence-corrected chi connectivity index (χ4v) is 2.29. The molecule has 0 radical (unpaired) electrons. The van der Waals surface area contributed by atoms with Crippen LogP contribution < -0.4 is 5.73 Å². The van der Waals surface area contributed by atoms with E-state index in [1.165, 1.54) is 16.3 Å². The van der Waals surface area contributed by atoms with Crippen molar-refractivity contribution >= 4 is 10.8 Å². The maximum atomic E-state index is 6.16. The Bertz CT molecular complexity index is 516. The third kappa shape index (κ3) is 3.44. The van der Waals surface area contributed by atoms with Crippen LogP contribution in [0.1, 0.15) is 24.8 Å². The number of rotatable bonds is 6. The van der Waals surface area contributed by atoms with Gasteiger partial charge in [0.2, 0.25) is 0 Å². The Morgan fingerprint density at radius 2 is 1.89 bits per heavy atom. The summed E-state index contributed by atoms with van der Waals surface area (Å²) in [6.45, 7) is 3.73. The van der Waals surface area contributed by atoms with Gasteiger partial charge in [0.1, 0.15) is 0 Å². The lowest BCUT2D eigenvalue weighted by Crippen LogP contribution is -2.22. The molecule has 0 aliphatic heterocycles. The Hall–Kier alpha value is -1.60. The molecule has 0 saturated heterocycles. The topological polar surface area (TPSA) is 26.0 Å². The van der Waals surface area contributed by atoms with Gasteiger partial charge in [0, 0.05) is 6.04 Å². The van der Waals surface area contributed by atoms with Crippen molar-refractivity contribution in [1.29, 1.82) is 0 Å². The Balaban J connectivity index is 2.00. The molecule has 0 amide bonds. The first-order chi connectivity index (χ1) is 8.79. The van der Waals surface area contributed by atoms with E-state index in [0.717, 1.165) is 25.7 Å². The summed E-state index contributed by atoms with van der Waals surface area (Å²) >= 11 is 0. The van der Waals surface area contributed by atoms with Crippen molar-refractivity contribution < 1.29 is 0 Å². The number of benzene rings is 2. The number of unbranched alkanes of at least 4 members (excludes halogenated alkanes) is 1. The van der Waals surface area contributed by atoms with Gasteiger partial charge in [-0.15, -0.1) is 6.58 Å². The van der Waals surface area contributed by atoms with E-state index < -0.39 is 0 Å². The van der Waals surface area contributed by atoms with E-state index in [0.29, 0.717) is 0 Å². The molecular weight excluding hydrogens is 218 g/mol. The molecule has 2 rings (SSSR count). The average Bonchev–Trinajstić information content (AvgIpc) is 2.39. The quantitative estimate of drug-likeness (QED) is 0.597. The minimum atomic E-state index is 0.256. The van der Waals surface area contributed by atoms with Gasteiger partial charge in [-0.3, -0.25) is 0 Å². The molecule has 1 atom stereocenters. The molecular formula is C17H21N. The standard InChI is InChI=1S/C17H21N/c1-2-3-4-9-17(18)13-14-10-11-15-7-5-6-8-16(15)12-14/h2,5-8,10-12,17H,1,3-4,9,13,18H2. The lowest BCUT2D eigenvalue weighted by molar-refractivity contribution is 0.584. The zero-order valence-electron chi connectivity index (χ0n) is 10.8. The van der Waals surface area contributed by atoms with Crippen LogP contribution in [0.4, 0.5) is 0 Å². The second-order valence-electron chi connectivity index (χ2n) is 4.87. The molecule has 94 valence electrons. The van der Waals surface area contributed by atoms with Gasteiger partial charge in [0.15, 0.2) is 0 Å². The maximum absolute atomic E-state index is 6.16. The molecule has 0 spiro atoms. The van der Waals surface area contributed by atoms with Crippen LogP contribution in [0.5, 0.6) is 0 Å². The normalized spacial score (nSPS) is 12.5. The molecule has 18 heavy (non-hydrogen) atoms. The minimum absolute atomic E-state index is 0.256. The van der Waals surface area contributed by atoms with Gasteiger partial charge >= 0.3 is 0 Å². The van der Waals surface area contributed by atoms with E-state index in [2.05, 4.69) is 49.0 Å². The molecule has 2 N–H and O–H groups in total. The molecule has 0 saturated carbocycles. The first kappa shape index (κ1) is 12.8. The van der Waals surface area contributed by atoms with Crippen molar-refractivity contribution in [1.82, 2.24) is 0 Å². The molecule has 0 aromatic heterocycles. The first-order valence-corrected chi connectivity index (χ1v) is 6.64. The van der Waals surface area contributed by atoms with Crippen molar-refractivity contribution in [2.75, 3.05) is 0 Å². The van der Waals surface area contributed by atoms with Crippen LogP contribution in [0.2, 0.25) is 0 Å². The van der Waals surface area contributed by atoms with Crippen LogP contribution in [0.3, 0.4) is 0 Å². The van der Waals surface area contributed by atoms with E-state index in [1.54, 1.807) is 0 Å². The summed E-state index contributed by atoms with van der Waals surface area (Å²) in [5, 5.41) is 2.59. The molecule has 1 unspecified atom stereocenters. The fourth-order valence-electron chi connectivity index (χ4n) is 2.29. The number of nitrogens with two attached hydrogens (primary N) is 1. The van der Waals surface area contributed by atoms with Gasteiger partial charge in [0.05, 0.1) is 0 Å². The van der Waals surface area contributed by atoms with E-state index in [9.17, 15) is 0 Å². The molecule has 2 aromatic carbocycles. The average molecular weight is 239 g/mol. The molecule has 1 heteroatoms. The zero-order chi connectivity index (χ0) is 12.8. The van der Waals surface area contributed by atoms with Crippen molar-refractivity contribution in [3.63, 3.8) is 0 Å². The summed E-state index contributed by atoms with van der Waals surface area (Å²) in [7, 11) is 0. The summed E-state index contributed by atoms with van der Waals surface area (Å²) in [6.07, 6.45) is 6.19.